The maximum absolute atomic E-state index is 12.7. The van der Waals surface area contributed by atoms with Crippen molar-refractivity contribution < 1.29 is 18.3 Å². The number of piperidine rings is 1. The maximum atomic E-state index is 12.7. The summed E-state index contributed by atoms with van der Waals surface area (Å²) in [6.45, 7) is 2.27. The van der Waals surface area contributed by atoms with Crippen molar-refractivity contribution >= 4 is 16.0 Å². The summed E-state index contributed by atoms with van der Waals surface area (Å²) in [6.07, 6.45) is 1.68. The monoisotopic (exact) mass is 316 g/mol. The van der Waals surface area contributed by atoms with Gasteiger partial charge in [-0.1, -0.05) is 0 Å². The zero-order valence-electron chi connectivity index (χ0n) is 12.3. The van der Waals surface area contributed by atoms with Gasteiger partial charge in [-0.05, 0) is 33.9 Å². The second-order valence-corrected chi connectivity index (χ2v) is 7.33. The van der Waals surface area contributed by atoms with Crippen LogP contribution in [0.1, 0.15) is 29.0 Å². The maximum Gasteiger partial charge on any atom is 0.357 e. The first-order valence-electron chi connectivity index (χ1n) is 6.70. The van der Waals surface area contributed by atoms with E-state index in [1.54, 1.807) is 0 Å². The summed E-state index contributed by atoms with van der Waals surface area (Å²) in [5, 5.41) is 15.1. The molecule has 0 aliphatic carbocycles. The van der Waals surface area contributed by atoms with Gasteiger partial charge in [-0.2, -0.15) is 9.40 Å². The van der Waals surface area contributed by atoms with Gasteiger partial charge in [0.1, 0.15) is 4.90 Å². The molecule has 2 rings (SSSR count). The quantitative estimate of drug-likeness (QED) is 0.818. The molecule has 0 bridgehead atoms. The number of aromatic carboxylic acids is 1. The highest BCUT2D eigenvalue weighted by Crippen LogP contribution is 2.26. The molecule has 2 N–H and O–H groups in total. The third-order valence-electron chi connectivity index (χ3n) is 3.78. The number of hydrogen-bond acceptors (Lipinski definition) is 5. The van der Waals surface area contributed by atoms with Crippen LogP contribution in [0.4, 0.5) is 0 Å². The van der Waals surface area contributed by atoms with Crippen molar-refractivity contribution in [2.24, 2.45) is 0 Å². The summed E-state index contributed by atoms with van der Waals surface area (Å²) in [7, 11) is -0.0408. The number of nitrogens with one attached hydrogen (secondary N) is 1. The number of likely N-dealkylation sites (N-methyl/N-ethyl adjacent to an activating group) is 1. The third-order valence-corrected chi connectivity index (χ3v) is 5.81. The Labute approximate surface area is 123 Å². The molecule has 8 nitrogen and oxygen atoms in total. The first-order chi connectivity index (χ1) is 9.75. The van der Waals surface area contributed by atoms with E-state index in [1.807, 2.05) is 19.0 Å². The molecule has 1 aromatic heterocycles. The number of hydrogen-bond donors (Lipinski definition) is 2. The molecule has 1 atom stereocenters. The zero-order valence-corrected chi connectivity index (χ0v) is 13.1. The predicted octanol–water partition coefficient (Wildman–Crippen LogP) is 0.131. The number of sulfonamides is 1. The van der Waals surface area contributed by atoms with Crippen molar-refractivity contribution in [1.29, 1.82) is 0 Å². The van der Waals surface area contributed by atoms with Crippen LogP contribution in [-0.2, 0) is 10.0 Å². The fourth-order valence-corrected chi connectivity index (χ4v) is 4.38. The Bertz CT molecular complexity index is 638. The molecule has 0 saturated carbocycles. The summed E-state index contributed by atoms with van der Waals surface area (Å²) < 4.78 is 26.8. The number of carbonyl (C=O) groups is 1. The van der Waals surface area contributed by atoms with E-state index in [2.05, 4.69) is 10.2 Å². The minimum atomic E-state index is -3.86. The Morgan fingerprint density at radius 3 is 2.71 bits per heavy atom. The number of H-pyrrole nitrogens is 1. The van der Waals surface area contributed by atoms with Crippen LogP contribution in [0.5, 0.6) is 0 Å². The standard InChI is InChI=1S/C12H20N4O4S/c1-8-11(10(12(17)18)14-13-8)21(19,20)16-6-4-5-9(7-16)15(2)3/h9H,4-7H2,1-3H3,(H,13,14)(H,17,18). The van der Waals surface area contributed by atoms with Gasteiger partial charge in [0.15, 0.2) is 5.69 Å². The molecule has 0 radical (unpaired) electrons. The molecule has 1 aliphatic rings. The number of aryl methyl sites for hydroxylation is 1. The van der Waals surface area contributed by atoms with Crippen molar-refractivity contribution in [2.75, 3.05) is 27.2 Å². The molecule has 2 heterocycles. The van der Waals surface area contributed by atoms with Gasteiger partial charge in [0.05, 0.1) is 5.69 Å². The third kappa shape index (κ3) is 2.94. The van der Waals surface area contributed by atoms with Crippen LogP contribution < -0.4 is 0 Å². The number of carboxylic acids is 1. The summed E-state index contributed by atoms with van der Waals surface area (Å²) >= 11 is 0. The van der Waals surface area contributed by atoms with E-state index in [0.29, 0.717) is 13.1 Å². The van der Waals surface area contributed by atoms with E-state index in [9.17, 15) is 13.2 Å². The Hall–Kier alpha value is -1.45. The lowest BCUT2D eigenvalue weighted by molar-refractivity contribution is 0.0686. The normalized spacial score (nSPS) is 20.9. The van der Waals surface area contributed by atoms with Gasteiger partial charge in [0.25, 0.3) is 0 Å². The predicted molar refractivity (Wildman–Crippen MR) is 75.8 cm³/mol. The Kier molecular flexibility index (Phi) is 4.35. The molecule has 0 aromatic carbocycles. The van der Waals surface area contributed by atoms with Crippen LogP contribution >= 0.6 is 0 Å². The van der Waals surface area contributed by atoms with E-state index in [0.717, 1.165) is 12.8 Å². The largest absolute Gasteiger partial charge is 0.476 e. The van der Waals surface area contributed by atoms with Crippen molar-refractivity contribution in [3.05, 3.63) is 11.4 Å². The Morgan fingerprint density at radius 2 is 2.14 bits per heavy atom. The molecule has 1 fully saturated rings. The second kappa shape index (κ2) is 5.74. The van der Waals surface area contributed by atoms with Crippen molar-refractivity contribution in [3.63, 3.8) is 0 Å². The Morgan fingerprint density at radius 1 is 1.48 bits per heavy atom. The average Bonchev–Trinajstić information content (AvgIpc) is 2.81. The highest BCUT2D eigenvalue weighted by Gasteiger charge is 2.36. The van der Waals surface area contributed by atoms with Crippen LogP contribution in [0.2, 0.25) is 0 Å². The fourth-order valence-electron chi connectivity index (χ4n) is 2.57. The molecule has 0 amide bonds. The SMILES string of the molecule is Cc1[nH]nc(C(=O)O)c1S(=O)(=O)N1CCCC(N(C)C)C1. The number of carboxylic acid groups (broad SMARTS) is 1. The smallest absolute Gasteiger partial charge is 0.357 e. The minimum absolute atomic E-state index is 0.133. The van der Waals surface area contributed by atoms with E-state index in [4.69, 9.17) is 5.11 Å². The highest BCUT2D eigenvalue weighted by atomic mass is 32.2. The highest BCUT2D eigenvalue weighted by molar-refractivity contribution is 7.89. The second-order valence-electron chi connectivity index (χ2n) is 5.45. The summed E-state index contributed by atoms with van der Waals surface area (Å²) in [5.41, 5.74) is -0.196. The van der Waals surface area contributed by atoms with Gasteiger partial charge < -0.3 is 10.0 Å². The lowest BCUT2D eigenvalue weighted by atomic mass is 10.1. The molecule has 9 heteroatoms. The molecule has 1 unspecified atom stereocenters. The number of aromatic nitrogens is 2. The van der Waals surface area contributed by atoms with E-state index >= 15 is 0 Å². The van der Waals surface area contributed by atoms with Gasteiger partial charge in [-0.15, -0.1) is 0 Å². The van der Waals surface area contributed by atoms with Crippen molar-refractivity contribution in [2.45, 2.75) is 30.7 Å². The lowest BCUT2D eigenvalue weighted by Gasteiger charge is -2.35. The van der Waals surface area contributed by atoms with E-state index in [1.165, 1.54) is 11.2 Å². The van der Waals surface area contributed by atoms with Crippen LogP contribution in [0.15, 0.2) is 4.90 Å². The average molecular weight is 316 g/mol. The number of rotatable bonds is 4. The first kappa shape index (κ1) is 15.9. The van der Waals surface area contributed by atoms with Gasteiger partial charge in [0, 0.05) is 19.1 Å². The van der Waals surface area contributed by atoms with Crippen LogP contribution in [0.3, 0.4) is 0 Å². The first-order valence-corrected chi connectivity index (χ1v) is 8.14. The van der Waals surface area contributed by atoms with E-state index in [-0.39, 0.29) is 16.6 Å². The molecular weight excluding hydrogens is 296 g/mol. The van der Waals surface area contributed by atoms with Gasteiger partial charge in [-0.3, -0.25) is 5.10 Å². The molecule has 21 heavy (non-hydrogen) atoms. The van der Waals surface area contributed by atoms with Crippen LogP contribution in [0.25, 0.3) is 0 Å². The molecule has 1 saturated heterocycles. The molecule has 0 spiro atoms. The fraction of sp³-hybridized carbons (Fsp3) is 0.667. The van der Waals surface area contributed by atoms with Gasteiger partial charge in [-0.25, -0.2) is 13.2 Å². The topological polar surface area (TPSA) is 107 Å². The molecular formula is C12H20N4O4S. The van der Waals surface area contributed by atoms with Crippen molar-refractivity contribution in [3.8, 4) is 0 Å². The zero-order chi connectivity index (χ0) is 15.8. The molecule has 118 valence electrons. The minimum Gasteiger partial charge on any atom is -0.476 e. The number of aromatic amines is 1. The Balaban J connectivity index is 2.38. The van der Waals surface area contributed by atoms with Crippen LogP contribution in [0, 0.1) is 6.92 Å². The summed E-state index contributed by atoms with van der Waals surface area (Å²) in [4.78, 5) is 12.9. The molecule has 1 aliphatic heterocycles. The number of nitrogens with zero attached hydrogens (tertiary/aromatic N) is 3. The molecule has 1 aromatic rings. The lowest BCUT2D eigenvalue weighted by Crippen LogP contribution is -2.47. The van der Waals surface area contributed by atoms with Crippen molar-refractivity contribution in [1.82, 2.24) is 19.4 Å². The van der Waals surface area contributed by atoms with Gasteiger partial charge >= 0.3 is 5.97 Å². The van der Waals surface area contributed by atoms with Gasteiger partial charge in [0.2, 0.25) is 10.0 Å². The van der Waals surface area contributed by atoms with Crippen LogP contribution in [-0.4, -0.2) is 72.1 Å². The summed E-state index contributed by atoms with van der Waals surface area (Å²) in [6, 6.07) is 0.133. The summed E-state index contributed by atoms with van der Waals surface area (Å²) in [5.74, 6) is -1.35. The van der Waals surface area contributed by atoms with E-state index < -0.39 is 21.7 Å².